The molecule has 1 aromatic carbocycles. The van der Waals surface area contributed by atoms with E-state index in [9.17, 15) is 0 Å². The van der Waals surface area contributed by atoms with Crippen molar-refractivity contribution in [2.75, 3.05) is 7.11 Å². The number of benzene rings is 1. The fourth-order valence-corrected chi connectivity index (χ4v) is 1.95. The van der Waals surface area contributed by atoms with Gasteiger partial charge < -0.3 is 4.74 Å². The quantitative estimate of drug-likeness (QED) is 0.682. The zero-order chi connectivity index (χ0) is 14.9. The molecule has 0 bridgehead atoms. The molecule has 0 radical (unpaired) electrons. The van der Waals surface area contributed by atoms with E-state index >= 15 is 0 Å². The van der Waals surface area contributed by atoms with E-state index in [-0.39, 0.29) is 0 Å². The second-order valence-electron chi connectivity index (χ2n) is 4.14. The standard InChI is InChI=1S/C12H11NO.C5H4BrN/c1-14-12-6-2-4-10(8-12)11-5-3-7-13-9-11;6-5-2-1-3-7-4-5/h2-9H,1H3;1-4H. The Labute approximate surface area is 132 Å². The monoisotopic (exact) mass is 342 g/mol. The molecule has 0 atom stereocenters. The first-order chi connectivity index (χ1) is 10.3. The summed E-state index contributed by atoms with van der Waals surface area (Å²) in [6.45, 7) is 0. The van der Waals surface area contributed by atoms with Crippen molar-refractivity contribution in [3.05, 3.63) is 77.8 Å². The molecule has 3 rings (SSSR count). The van der Waals surface area contributed by atoms with Gasteiger partial charge >= 0.3 is 0 Å². The largest absolute Gasteiger partial charge is 0.497 e. The van der Waals surface area contributed by atoms with Crippen molar-refractivity contribution in [1.29, 1.82) is 0 Å². The summed E-state index contributed by atoms with van der Waals surface area (Å²) in [5.41, 5.74) is 2.23. The maximum atomic E-state index is 5.16. The molecular weight excluding hydrogens is 328 g/mol. The first-order valence-electron chi connectivity index (χ1n) is 6.39. The van der Waals surface area contributed by atoms with Gasteiger partial charge in [-0.1, -0.05) is 18.2 Å². The predicted molar refractivity (Wildman–Crippen MR) is 88.2 cm³/mol. The van der Waals surface area contributed by atoms with E-state index < -0.39 is 0 Å². The molecule has 0 unspecified atom stereocenters. The molecule has 0 aliphatic carbocycles. The van der Waals surface area contributed by atoms with Gasteiger partial charge in [-0.3, -0.25) is 9.97 Å². The molecule has 0 aliphatic rings. The summed E-state index contributed by atoms with van der Waals surface area (Å²) in [6, 6.07) is 15.7. The third-order valence-electron chi connectivity index (χ3n) is 2.69. The van der Waals surface area contributed by atoms with Crippen LogP contribution in [0.3, 0.4) is 0 Å². The lowest BCUT2D eigenvalue weighted by molar-refractivity contribution is 0.415. The Hall–Kier alpha value is -2.20. The van der Waals surface area contributed by atoms with Gasteiger partial charge in [0.2, 0.25) is 0 Å². The summed E-state index contributed by atoms with van der Waals surface area (Å²) in [5.74, 6) is 0.867. The van der Waals surface area contributed by atoms with Crippen LogP contribution < -0.4 is 4.74 Å². The topological polar surface area (TPSA) is 35.0 Å². The van der Waals surface area contributed by atoms with E-state index in [0.717, 1.165) is 21.3 Å². The molecule has 0 fully saturated rings. The molecule has 21 heavy (non-hydrogen) atoms. The van der Waals surface area contributed by atoms with E-state index in [4.69, 9.17) is 4.74 Å². The van der Waals surface area contributed by atoms with Gasteiger partial charge in [0.05, 0.1) is 7.11 Å². The Bertz CT molecular complexity index is 660. The van der Waals surface area contributed by atoms with Gasteiger partial charge in [-0.15, -0.1) is 0 Å². The molecule has 3 nitrogen and oxygen atoms in total. The summed E-state index contributed by atoms with van der Waals surface area (Å²) in [7, 11) is 1.67. The van der Waals surface area contributed by atoms with Gasteiger partial charge in [0.1, 0.15) is 5.75 Å². The van der Waals surface area contributed by atoms with Crippen LogP contribution >= 0.6 is 15.9 Å². The average molecular weight is 343 g/mol. The van der Waals surface area contributed by atoms with Crippen LogP contribution in [0.1, 0.15) is 0 Å². The molecule has 2 heterocycles. The van der Waals surface area contributed by atoms with Gasteiger partial charge in [-0.05, 0) is 51.8 Å². The molecule has 3 aromatic rings. The lowest BCUT2D eigenvalue weighted by Gasteiger charge is -2.03. The minimum Gasteiger partial charge on any atom is -0.497 e. The summed E-state index contributed by atoms with van der Waals surface area (Å²) >= 11 is 3.25. The molecule has 0 amide bonds. The van der Waals surface area contributed by atoms with E-state index in [1.165, 1.54) is 0 Å². The highest BCUT2D eigenvalue weighted by Crippen LogP contribution is 2.22. The fourth-order valence-electron chi connectivity index (χ4n) is 1.68. The molecule has 0 saturated carbocycles. The predicted octanol–water partition coefficient (Wildman–Crippen LogP) is 4.60. The zero-order valence-corrected chi connectivity index (χ0v) is 13.2. The molecule has 106 valence electrons. The molecular formula is C17H15BrN2O. The van der Waals surface area contributed by atoms with Crippen LogP contribution in [0.4, 0.5) is 0 Å². The van der Waals surface area contributed by atoms with Crippen LogP contribution in [0, 0.1) is 0 Å². The van der Waals surface area contributed by atoms with Crippen LogP contribution in [-0.4, -0.2) is 17.1 Å². The van der Waals surface area contributed by atoms with Crippen molar-refractivity contribution in [2.45, 2.75) is 0 Å². The van der Waals surface area contributed by atoms with Gasteiger partial charge in [0, 0.05) is 34.8 Å². The summed E-state index contributed by atoms with van der Waals surface area (Å²) in [6.07, 6.45) is 7.10. The van der Waals surface area contributed by atoms with Crippen molar-refractivity contribution >= 4 is 15.9 Å². The van der Waals surface area contributed by atoms with E-state index in [0.29, 0.717) is 0 Å². The number of methoxy groups -OCH3 is 1. The maximum Gasteiger partial charge on any atom is 0.119 e. The summed E-state index contributed by atoms with van der Waals surface area (Å²) < 4.78 is 6.18. The Morgan fingerprint density at radius 3 is 2.10 bits per heavy atom. The van der Waals surface area contributed by atoms with Crippen molar-refractivity contribution in [3.63, 3.8) is 0 Å². The molecule has 0 N–H and O–H groups in total. The number of hydrogen-bond acceptors (Lipinski definition) is 3. The van der Waals surface area contributed by atoms with E-state index in [2.05, 4.69) is 25.9 Å². The highest BCUT2D eigenvalue weighted by molar-refractivity contribution is 9.10. The molecule has 2 aromatic heterocycles. The lowest BCUT2D eigenvalue weighted by Crippen LogP contribution is -1.83. The molecule has 0 saturated heterocycles. The highest BCUT2D eigenvalue weighted by Gasteiger charge is 1.97. The van der Waals surface area contributed by atoms with Crippen LogP contribution in [0.25, 0.3) is 11.1 Å². The van der Waals surface area contributed by atoms with E-state index in [1.54, 1.807) is 25.7 Å². The Morgan fingerprint density at radius 2 is 1.57 bits per heavy atom. The third-order valence-corrected chi connectivity index (χ3v) is 3.16. The molecule has 0 spiro atoms. The number of hydrogen-bond donors (Lipinski definition) is 0. The van der Waals surface area contributed by atoms with Crippen LogP contribution in [-0.2, 0) is 0 Å². The number of pyridine rings is 2. The first-order valence-corrected chi connectivity index (χ1v) is 7.19. The van der Waals surface area contributed by atoms with Gasteiger partial charge in [-0.25, -0.2) is 0 Å². The second-order valence-corrected chi connectivity index (χ2v) is 5.06. The summed E-state index contributed by atoms with van der Waals surface area (Å²) in [5, 5.41) is 0. The number of aromatic nitrogens is 2. The SMILES string of the molecule is Brc1cccnc1.COc1cccc(-c2cccnc2)c1. The average Bonchev–Trinajstić information content (AvgIpc) is 2.57. The van der Waals surface area contributed by atoms with Crippen molar-refractivity contribution < 1.29 is 4.74 Å². The van der Waals surface area contributed by atoms with Gasteiger partial charge in [0.25, 0.3) is 0 Å². The van der Waals surface area contributed by atoms with Crippen molar-refractivity contribution in [2.24, 2.45) is 0 Å². The zero-order valence-electron chi connectivity index (χ0n) is 11.6. The first kappa shape index (κ1) is 15.2. The minimum absolute atomic E-state index is 0.867. The number of rotatable bonds is 2. The van der Waals surface area contributed by atoms with E-state index in [1.807, 2.05) is 54.7 Å². The lowest BCUT2D eigenvalue weighted by atomic mass is 10.1. The van der Waals surface area contributed by atoms with Gasteiger partial charge in [-0.2, -0.15) is 0 Å². The smallest absolute Gasteiger partial charge is 0.119 e. The van der Waals surface area contributed by atoms with Crippen LogP contribution in [0.15, 0.2) is 77.8 Å². The summed E-state index contributed by atoms with van der Waals surface area (Å²) in [4.78, 5) is 7.91. The number of nitrogens with zero attached hydrogens (tertiary/aromatic N) is 2. The molecule has 0 aliphatic heterocycles. The van der Waals surface area contributed by atoms with Gasteiger partial charge in [0.15, 0.2) is 0 Å². The number of halogens is 1. The van der Waals surface area contributed by atoms with Crippen molar-refractivity contribution in [3.8, 4) is 16.9 Å². The molecule has 4 heteroatoms. The maximum absolute atomic E-state index is 5.16. The third kappa shape index (κ3) is 5.00. The number of ether oxygens (including phenoxy) is 1. The van der Waals surface area contributed by atoms with Crippen LogP contribution in [0.2, 0.25) is 0 Å². The normalized spacial score (nSPS) is 9.43. The van der Waals surface area contributed by atoms with Crippen molar-refractivity contribution in [1.82, 2.24) is 9.97 Å². The minimum atomic E-state index is 0.867. The Morgan fingerprint density at radius 1 is 0.857 bits per heavy atom. The Balaban J connectivity index is 0.000000194. The highest BCUT2D eigenvalue weighted by atomic mass is 79.9. The Kier molecular flexibility index (Phi) is 5.91. The van der Waals surface area contributed by atoms with Crippen LogP contribution in [0.5, 0.6) is 5.75 Å². The second kappa shape index (κ2) is 8.17. The fraction of sp³-hybridized carbons (Fsp3) is 0.0588.